The Labute approximate surface area is 129 Å². The Morgan fingerprint density at radius 2 is 1.68 bits per heavy atom. The topological polar surface area (TPSA) is 47.3 Å². The van der Waals surface area contributed by atoms with Gasteiger partial charge in [-0.1, -0.05) is 42.5 Å². The number of benzene rings is 2. The third-order valence-electron chi connectivity index (χ3n) is 3.36. The molecule has 0 saturated heterocycles. The number of aliphatic hydroxyl groups excluding tert-OH is 1. The maximum Gasteiger partial charge on any atom is 0.119 e. The highest BCUT2D eigenvalue weighted by molar-refractivity contribution is 5.63. The highest BCUT2D eigenvalue weighted by Gasteiger charge is 2.06. The second kappa shape index (κ2) is 6.91. The summed E-state index contributed by atoms with van der Waals surface area (Å²) >= 11 is 0. The molecule has 22 heavy (non-hydrogen) atoms. The lowest BCUT2D eigenvalue weighted by Gasteiger charge is -2.12. The fourth-order valence-electron chi connectivity index (χ4n) is 2.24. The van der Waals surface area contributed by atoms with Gasteiger partial charge in [-0.15, -0.1) is 0 Å². The molecule has 1 heterocycles. The Balaban J connectivity index is 1.55. The molecule has 2 aromatic carbocycles. The summed E-state index contributed by atoms with van der Waals surface area (Å²) in [6.07, 6.45) is 2.92. The fraction of sp³-hybridized carbons (Fsp3) is 0.167. The molecule has 1 N–H and O–H groups in total. The lowest BCUT2D eigenvalue weighted by Crippen LogP contribution is -2.23. The summed E-state index contributed by atoms with van der Waals surface area (Å²) in [6.45, 7) is 0.666. The van der Waals surface area contributed by atoms with Gasteiger partial charge in [0, 0.05) is 12.4 Å². The predicted octanol–water partition coefficient (Wildman–Crippen LogP) is 2.99. The van der Waals surface area contributed by atoms with E-state index in [9.17, 15) is 5.11 Å². The van der Waals surface area contributed by atoms with Gasteiger partial charge in [-0.05, 0) is 29.3 Å². The smallest absolute Gasteiger partial charge is 0.119 e. The number of hydrogen-bond acceptors (Lipinski definition) is 3. The Morgan fingerprint density at radius 3 is 2.36 bits per heavy atom. The third-order valence-corrected chi connectivity index (χ3v) is 3.36. The van der Waals surface area contributed by atoms with Gasteiger partial charge in [0.2, 0.25) is 0 Å². The highest BCUT2D eigenvalue weighted by atomic mass is 16.5. The van der Waals surface area contributed by atoms with Crippen molar-refractivity contribution < 1.29 is 9.84 Å². The van der Waals surface area contributed by atoms with E-state index < -0.39 is 6.10 Å². The zero-order valence-electron chi connectivity index (χ0n) is 12.2. The van der Waals surface area contributed by atoms with Gasteiger partial charge in [-0.2, -0.15) is 5.10 Å². The second-order valence-corrected chi connectivity index (χ2v) is 5.08. The predicted molar refractivity (Wildman–Crippen MR) is 85.6 cm³/mol. The van der Waals surface area contributed by atoms with Gasteiger partial charge in [-0.25, -0.2) is 0 Å². The van der Waals surface area contributed by atoms with Gasteiger partial charge in [-0.3, -0.25) is 4.68 Å². The second-order valence-electron chi connectivity index (χ2n) is 5.08. The fourth-order valence-corrected chi connectivity index (χ4v) is 2.24. The molecule has 0 unspecified atom stereocenters. The number of rotatable bonds is 6. The molecule has 3 rings (SSSR count). The van der Waals surface area contributed by atoms with Crippen molar-refractivity contribution in [3.8, 4) is 16.9 Å². The SMILES string of the molecule is O[C@@H](COc1ccc(-c2ccccc2)cc1)Cn1cccn1. The Morgan fingerprint density at radius 1 is 0.955 bits per heavy atom. The lowest BCUT2D eigenvalue weighted by atomic mass is 10.1. The van der Waals surface area contributed by atoms with Crippen molar-refractivity contribution in [1.82, 2.24) is 9.78 Å². The van der Waals surface area contributed by atoms with Crippen molar-refractivity contribution in [3.63, 3.8) is 0 Å². The van der Waals surface area contributed by atoms with Crippen LogP contribution in [0.5, 0.6) is 5.75 Å². The van der Waals surface area contributed by atoms with Gasteiger partial charge >= 0.3 is 0 Å². The van der Waals surface area contributed by atoms with Crippen molar-refractivity contribution in [2.75, 3.05) is 6.61 Å². The van der Waals surface area contributed by atoms with Crippen LogP contribution in [-0.4, -0.2) is 27.6 Å². The number of aliphatic hydroxyl groups is 1. The minimum absolute atomic E-state index is 0.241. The maximum absolute atomic E-state index is 9.93. The lowest BCUT2D eigenvalue weighted by molar-refractivity contribution is 0.0893. The van der Waals surface area contributed by atoms with Gasteiger partial charge in [0.25, 0.3) is 0 Å². The normalized spacial score (nSPS) is 12.0. The van der Waals surface area contributed by atoms with Crippen LogP contribution in [-0.2, 0) is 6.54 Å². The van der Waals surface area contributed by atoms with E-state index in [1.165, 1.54) is 5.56 Å². The molecule has 1 atom stereocenters. The van der Waals surface area contributed by atoms with E-state index in [4.69, 9.17) is 4.74 Å². The number of ether oxygens (including phenoxy) is 1. The van der Waals surface area contributed by atoms with E-state index in [-0.39, 0.29) is 6.61 Å². The van der Waals surface area contributed by atoms with Crippen LogP contribution in [0.3, 0.4) is 0 Å². The van der Waals surface area contributed by atoms with Gasteiger partial charge in [0.1, 0.15) is 18.5 Å². The Kier molecular flexibility index (Phi) is 4.51. The average molecular weight is 294 g/mol. The molecule has 0 radical (unpaired) electrons. The van der Waals surface area contributed by atoms with Crippen molar-refractivity contribution in [1.29, 1.82) is 0 Å². The van der Waals surface area contributed by atoms with Crippen molar-refractivity contribution in [2.24, 2.45) is 0 Å². The molecule has 0 spiro atoms. The molecular weight excluding hydrogens is 276 g/mol. The first-order valence-corrected chi connectivity index (χ1v) is 7.25. The minimum Gasteiger partial charge on any atom is -0.491 e. The molecule has 3 aromatic rings. The van der Waals surface area contributed by atoms with E-state index >= 15 is 0 Å². The highest BCUT2D eigenvalue weighted by Crippen LogP contribution is 2.22. The molecule has 0 aliphatic heterocycles. The van der Waals surface area contributed by atoms with Crippen LogP contribution in [0.2, 0.25) is 0 Å². The summed E-state index contributed by atoms with van der Waals surface area (Å²) in [6, 6.07) is 19.9. The van der Waals surface area contributed by atoms with Crippen molar-refractivity contribution >= 4 is 0 Å². The summed E-state index contributed by atoms with van der Waals surface area (Å²) in [5, 5.41) is 14.0. The minimum atomic E-state index is -0.589. The van der Waals surface area contributed by atoms with Crippen LogP contribution < -0.4 is 4.74 Å². The van der Waals surface area contributed by atoms with Crippen LogP contribution in [0, 0.1) is 0 Å². The number of nitrogens with zero attached hydrogens (tertiary/aromatic N) is 2. The van der Waals surface area contributed by atoms with Crippen molar-refractivity contribution in [3.05, 3.63) is 73.1 Å². The maximum atomic E-state index is 9.93. The van der Waals surface area contributed by atoms with E-state index in [1.807, 2.05) is 54.7 Å². The van der Waals surface area contributed by atoms with E-state index in [0.717, 1.165) is 11.3 Å². The van der Waals surface area contributed by atoms with Gasteiger partial charge < -0.3 is 9.84 Å². The molecule has 0 bridgehead atoms. The van der Waals surface area contributed by atoms with Crippen LogP contribution >= 0.6 is 0 Å². The molecule has 0 saturated carbocycles. The van der Waals surface area contributed by atoms with Crippen molar-refractivity contribution in [2.45, 2.75) is 12.6 Å². The molecule has 0 aliphatic rings. The quantitative estimate of drug-likeness (QED) is 0.760. The van der Waals surface area contributed by atoms with E-state index in [0.29, 0.717) is 6.54 Å². The molecule has 4 nitrogen and oxygen atoms in total. The zero-order valence-corrected chi connectivity index (χ0v) is 12.2. The Hall–Kier alpha value is -2.59. The van der Waals surface area contributed by atoms with Crippen LogP contribution in [0.25, 0.3) is 11.1 Å². The van der Waals surface area contributed by atoms with Crippen LogP contribution in [0.1, 0.15) is 0 Å². The first-order chi connectivity index (χ1) is 10.8. The number of hydrogen-bond donors (Lipinski definition) is 1. The zero-order chi connectivity index (χ0) is 15.2. The molecule has 112 valence electrons. The Bertz CT molecular complexity index is 679. The van der Waals surface area contributed by atoms with E-state index in [1.54, 1.807) is 10.9 Å². The third kappa shape index (κ3) is 3.74. The van der Waals surface area contributed by atoms with Gasteiger partial charge in [0.05, 0.1) is 6.54 Å². The molecule has 1 aromatic heterocycles. The molecule has 0 fully saturated rings. The average Bonchev–Trinajstić information content (AvgIpc) is 3.07. The van der Waals surface area contributed by atoms with Crippen LogP contribution in [0.15, 0.2) is 73.1 Å². The summed E-state index contributed by atoms with van der Waals surface area (Å²) in [7, 11) is 0. The summed E-state index contributed by atoms with van der Waals surface area (Å²) in [5.74, 6) is 0.749. The van der Waals surface area contributed by atoms with Gasteiger partial charge in [0.15, 0.2) is 0 Å². The first kappa shape index (κ1) is 14.4. The standard InChI is InChI=1S/C18H18N2O2/c21-17(13-20-12-4-11-19-20)14-22-18-9-7-16(8-10-18)15-5-2-1-3-6-15/h1-12,17,21H,13-14H2/t17-/m1/s1. The monoisotopic (exact) mass is 294 g/mol. The summed E-state index contributed by atoms with van der Waals surface area (Å²) in [5.41, 5.74) is 2.32. The first-order valence-electron chi connectivity index (χ1n) is 7.25. The molecular formula is C18H18N2O2. The molecule has 0 aliphatic carbocycles. The summed E-state index contributed by atoms with van der Waals surface area (Å²) < 4.78 is 7.30. The molecule has 0 amide bonds. The molecule has 4 heteroatoms. The van der Waals surface area contributed by atoms with Crippen LogP contribution in [0.4, 0.5) is 0 Å². The largest absolute Gasteiger partial charge is 0.491 e. The number of aromatic nitrogens is 2. The van der Waals surface area contributed by atoms with E-state index in [2.05, 4.69) is 17.2 Å². The summed E-state index contributed by atoms with van der Waals surface area (Å²) in [4.78, 5) is 0.